The molecule has 0 saturated heterocycles. The molecule has 0 bridgehead atoms. The summed E-state index contributed by atoms with van der Waals surface area (Å²) in [5.74, 6) is 0. The Hall–Kier alpha value is -0.250. The highest BCUT2D eigenvalue weighted by Crippen LogP contribution is 2.43. The zero-order valence-corrected chi connectivity index (χ0v) is 10.9. The predicted octanol–water partition coefficient (Wildman–Crippen LogP) is 4.28. The van der Waals surface area contributed by atoms with Crippen LogP contribution in [-0.2, 0) is 0 Å². The van der Waals surface area contributed by atoms with Gasteiger partial charge in [0.1, 0.15) is 0 Å². The van der Waals surface area contributed by atoms with Gasteiger partial charge < -0.3 is 5.32 Å². The van der Waals surface area contributed by atoms with Crippen molar-refractivity contribution in [3.63, 3.8) is 0 Å². The summed E-state index contributed by atoms with van der Waals surface area (Å²) in [5, 5.41) is 3.40. The van der Waals surface area contributed by atoms with Gasteiger partial charge in [0.15, 0.2) is 0 Å². The minimum atomic E-state index is -4.00. The zero-order chi connectivity index (χ0) is 12.9. The van der Waals surface area contributed by atoms with Gasteiger partial charge >= 0.3 is 6.18 Å². The molecule has 0 amide bonds. The van der Waals surface area contributed by atoms with Crippen LogP contribution in [0.1, 0.15) is 58.8 Å². The van der Waals surface area contributed by atoms with Crippen LogP contribution in [0.2, 0.25) is 0 Å². The summed E-state index contributed by atoms with van der Waals surface area (Å²) in [7, 11) is 0. The molecule has 1 aliphatic carbocycles. The standard InChI is InChI=1S/C13H24F3N/c1-3-12(7-5-8-12)10-17-11(2)6-4-9-13(14,15)16/h11,17H,3-10H2,1-2H3. The SMILES string of the molecule is CCC1(CNC(C)CCCC(F)(F)F)CCC1. The van der Waals surface area contributed by atoms with E-state index in [-0.39, 0.29) is 12.5 Å². The van der Waals surface area contributed by atoms with Crippen LogP contribution in [0.4, 0.5) is 13.2 Å². The minimum absolute atomic E-state index is 0.196. The van der Waals surface area contributed by atoms with Crippen LogP contribution >= 0.6 is 0 Å². The summed E-state index contributed by atoms with van der Waals surface area (Å²) in [6.45, 7) is 5.16. The molecule has 0 aliphatic heterocycles. The second-order valence-corrected chi connectivity index (χ2v) is 5.50. The normalized spacial score (nSPS) is 21.0. The van der Waals surface area contributed by atoms with Crippen LogP contribution in [0.5, 0.6) is 0 Å². The van der Waals surface area contributed by atoms with Crippen LogP contribution < -0.4 is 5.32 Å². The number of alkyl halides is 3. The van der Waals surface area contributed by atoms with Gasteiger partial charge in [-0.2, -0.15) is 13.2 Å². The Labute approximate surface area is 102 Å². The molecule has 102 valence electrons. The lowest BCUT2D eigenvalue weighted by atomic mass is 9.67. The Balaban J connectivity index is 2.11. The highest BCUT2D eigenvalue weighted by molar-refractivity contribution is 4.88. The molecule has 1 aliphatic rings. The van der Waals surface area contributed by atoms with Crippen molar-refractivity contribution < 1.29 is 13.2 Å². The molecule has 0 spiro atoms. The van der Waals surface area contributed by atoms with Gasteiger partial charge in [-0.1, -0.05) is 13.3 Å². The quantitative estimate of drug-likeness (QED) is 0.712. The smallest absolute Gasteiger partial charge is 0.314 e. The topological polar surface area (TPSA) is 12.0 Å². The molecule has 4 heteroatoms. The van der Waals surface area contributed by atoms with E-state index in [2.05, 4.69) is 12.2 Å². The van der Waals surface area contributed by atoms with Crippen molar-refractivity contribution in [2.45, 2.75) is 71.0 Å². The molecule has 17 heavy (non-hydrogen) atoms. The summed E-state index contributed by atoms with van der Waals surface area (Å²) in [4.78, 5) is 0. The van der Waals surface area contributed by atoms with E-state index in [0.29, 0.717) is 11.8 Å². The number of rotatable bonds is 7. The average molecular weight is 251 g/mol. The van der Waals surface area contributed by atoms with Crippen molar-refractivity contribution in [3.05, 3.63) is 0 Å². The minimum Gasteiger partial charge on any atom is -0.314 e. The van der Waals surface area contributed by atoms with Gasteiger partial charge in [0.2, 0.25) is 0 Å². The molecule has 1 unspecified atom stereocenters. The van der Waals surface area contributed by atoms with Gasteiger partial charge in [0.05, 0.1) is 0 Å². The number of nitrogens with one attached hydrogen (secondary N) is 1. The molecule has 1 rings (SSSR count). The first-order chi connectivity index (χ1) is 7.87. The second-order valence-electron chi connectivity index (χ2n) is 5.50. The van der Waals surface area contributed by atoms with E-state index in [4.69, 9.17) is 0 Å². The first kappa shape index (κ1) is 14.8. The average Bonchev–Trinajstić information content (AvgIpc) is 2.14. The lowest BCUT2D eigenvalue weighted by Crippen LogP contribution is -2.42. The van der Waals surface area contributed by atoms with Crippen molar-refractivity contribution >= 4 is 0 Å². The third-order valence-electron chi connectivity index (χ3n) is 4.09. The van der Waals surface area contributed by atoms with Crippen molar-refractivity contribution in [1.29, 1.82) is 0 Å². The highest BCUT2D eigenvalue weighted by atomic mass is 19.4. The summed E-state index contributed by atoms with van der Waals surface area (Å²) >= 11 is 0. The molecule has 0 heterocycles. The first-order valence-electron chi connectivity index (χ1n) is 6.67. The molecular weight excluding hydrogens is 227 g/mol. The molecule has 1 N–H and O–H groups in total. The number of hydrogen-bond donors (Lipinski definition) is 1. The van der Waals surface area contributed by atoms with E-state index >= 15 is 0 Å². The molecule has 0 aromatic rings. The number of halogens is 3. The Morgan fingerprint density at radius 2 is 1.94 bits per heavy atom. The van der Waals surface area contributed by atoms with Crippen LogP contribution in [0.25, 0.3) is 0 Å². The van der Waals surface area contributed by atoms with Crippen LogP contribution in [0, 0.1) is 5.41 Å². The summed E-state index contributed by atoms with van der Waals surface area (Å²) < 4.78 is 35.9. The van der Waals surface area contributed by atoms with Crippen LogP contribution in [-0.4, -0.2) is 18.8 Å². The maximum atomic E-state index is 12.0. The van der Waals surface area contributed by atoms with Gasteiger partial charge in [0, 0.05) is 19.0 Å². The second kappa shape index (κ2) is 6.07. The van der Waals surface area contributed by atoms with E-state index < -0.39 is 12.6 Å². The lowest BCUT2D eigenvalue weighted by molar-refractivity contribution is -0.135. The molecule has 0 radical (unpaired) electrons. The van der Waals surface area contributed by atoms with E-state index in [1.54, 1.807) is 0 Å². The third kappa shape index (κ3) is 5.28. The van der Waals surface area contributed by atoms with Crippen molar-refractivity contribution in [2.75, 3.05) is 6.54 Å². The fourth-order valence-corrected chi connectivity index (χ4v) is 2.43. The fraction of sp³-hybridized carbons (Fsp3) is 1.00. The van der Waals surface area contributed by atoms with Crippen molar-refractivity contribution in [1.82, 2.24) is 5.32 Å². The number of hydrogen-bond acceptors (Lipinski definition) is 1. The highest BCUT2D eigenvalue weighted by Gasteiger charge is 2.34. The summed E-state index contributed by atoms with van der Waals surface area (Å²) in [6, 6.07) is 0.196. The largest absolute Gasteiger partial charge is 0.389 e. The molecule has 0 aromatic carbocycles. The summed E-state index contributed by atoms with van der Waals surface area (Å²) in [5.41, 5.74) is 0.443. The van der Waals surface area contributed by atoms with Gasteiger partial charge in [-0.25, -0.2) is 0 Å². The van der Waals surface area contributed by atoms with E-state index in [1.165, 1.54) is 25.7 Å². The fourth-order valence-electron chi connectivity index (χ4n) is 2.43. The van der Waals surface area contributed by atoms with E-state index in [9.17, 15) is 13.2 Å². The van der Waals surface area contributed by atoms with Crippen LogP contribution in [0.3, 0.4) is 0 Å². The maximum Gasteiger partial charge on any atom is 0.389 e. The van der Waals surface area contributed by atoms with Gasteiger partial charge in [0.25, 0.3) is 0 Å². The first-order valence-corrected chi connectivity index (χ1v) is 6.67. The molecule has 1 fully saturated rings. The lowest BCUT2D eigenvalue weighted by Gasteiger charge is -2.42. The Morgan fingerprint density at radius 1 is 1.29 bits per heavy atom. The molecule has 0 aromatic heterocycles. The molecule has 1 saturated carbocycles. The van der Waals surface area contributed by atoms with Gasteiger partial charge in [-0.15, -0.1) is 0 Å². The van der Waals surface area contributed by atoms with Crippen LogP contribution in [0.15, 0.2) is 0 Å². The molecular formula is C13H24F3N. The predicted molar refractivity (Wildman–Crippen MR) is 63.9 cm³/mol. The Morgan fingerprint density at radius 3 is 2.35 bits per heavy atom. The monoisotopic (exact) mass is 251 g/mol. The zero-order valence-electron chi connectivity index (χ0n) is 10.9. The van der Waals surface area contributed by atoms with E-state index in [1.807, 2.05) is 6.92 Å². The Bertz CT molecular complexity index is 216. The third-order valence-corrected chi connectivity index (χ3v) is 4.09. The molecule has 1 atom stereocenters. The Kier molecular flexibility index (Phi) is 5.29. The summed E-state index contributed by atoms with van der Waals surface area (Å²) in [6.07, 6.45) is 1.21. The van der Waals surface area contributed by atoms with Crippen molar-refractivity contribution in [3.8, 4) is 0 Å². The van der Waals surface area contributed by atoms with Gasteiger partial charge in [-0.05, 0) is 44.4 Å². The maximum absolute atomic E-state index is 12.0. The van der Waals surface area contributed by atoms with Gasteiger partial charge in [-0.3, -0.25) is 0 Å². The van der Waals surface area contributed by atoms with Crippen molar-refractivity contribution in [2.24, 2.45) is 5.41 Å². The van der Waals surface area contributed by atoms with E-state index in [0.717, 1.165) is 6.54 Å². The molecule has 1 nitrogen and oxygen atoms in total.